The van der Waals surface area contributed by atoms with Crippen molar-refractivity contribution in [2.45, 2.75) is 50.7 Å². The lowest BCUT2D eigenvalue weighted by atomic mass is 9.94. The van der Waals surface area contributed by atoms with Gasteiger partial charge in [-0.2, -0.15) is 0 Å². The molecule has 3 aromatic rings. The molecule has 14 heteroatoms. The number of nitrogens with zero attached hydrogens (tertiary/aromatic N) is 5. The summed E-state index contributed by atoms with van der Waals surface area (Å²) in [5.74, 6) is 6.36. The second-order valence-electron chi connectivity index (χ2n) is 9.81. The Labute approximate surface area is 240 Å². The number of likely N-dealkylation sites (tertiary alicyclic amines) is 1. The number of nitrogens with one attached hydrogen (secondary N) is 1. The number of anilines is 1. The number of carbonyl (C=O) groups excluding carboxylic acids is 2. The van der Waals surface area contributed by atoms with Crippen LogP contribution in [0.15, 0.2) is 30.6 Å². The molecular weight excluding hydrogens is 554 g/mol. The van der Waals surface area contributed by atoms with E-state index >= 15 is 0 Å². The third-order valence-electron chi connectivity index (χ3n) is 7.07. The van der Waals surface area contributed by atoms with E-state index in [1.54, 1.807) is 36.1 Å². The van der Waals surface area contributed by atoms with Gasteiger partial charge in [0.15, 0.2) is 29.5 Å². The third-order valence-corrected chi connectivity index (χ3v) is 7.38. The molecule has 5 rings (SSSR count). The second-order valence-corrected chi connectivity index (χ2v) is 10.2. The van der Waals surface area contributed by atoms with Crippen LogP contribution >= 0.6 is 11.6 Å². The van der Waals surface area contributed by atoms with Gasteiger partial charge in [-0.15, -0.1) is 0 Å². The number of hydrogen-bond donors (Lipinski definition) is 4. The predicted molar refractivity (Wildman–Crippen MR) is 148 cm³/mol. The molecule has 216 valence electrons. The van der Waals surface area contributed by atoms with E-state index in [4.69, 9.17) is 26.8 Å². The Morgan fingerprint density at radius 1 is 1.22 bits per heavy atom. The molecule has 2 aliphatic heterocycles. The van der Waals surface area contributed by atoms with Crippen LogP contribution in [-0.4, -0.2) is 84.6 Å². The number of hydrogen-bond acceptors (Lipinski definition) is 10. The number of para-hydroxylation sites is 1. The van der Waals surface area contributed by atoms with Crippen LogP contribution in [0.1, 0.15) is 38.2 Å². The smallest absolute Gasteiger partial charge is 0.409 e. The molecule has 13 nitrogen and oxygen atoms in total. The molecule has 5 N–H and O–H groups in total. The molecule has 0 bridgehead atoms. The van der Waals surface area contributed by atoms with Gasteiger partial charge in [-0.1, -0.05) is 29.7 Å². The quantitative estimate of drug-likeness (QED) is 0.321. The molecule has 0 spiro atoms. The molecule has 2 aromatic heterocycles. The number of nitrogen functional groups attached to an aromatic ring is 1. The molecule has 2 fully saturated rings. The summed E-state index contributed by atoms with van der Waals surface area (Å²) in [7, 11) is 0. The largest absolute Gasteiger partial charge is 0.415 e. The number of fused-ring (bicyclic) bond motifs is 1. The maximum absolute atomic E-state index is 12.5. The molecule has 2 amide bonds. The number of rotatable bonds is 5. The summed E-state index contributed by atoms with van der Waals surface area (Å²) in [5.41, 5.74) is 6.63. The van der Waals surface area contributed by atoms with Gasteiger partial charge in [0.25, 0.3) is 5.91 Å². The van der Waals surface area contributed by atoms with Crippen LogP contribution in [0, 0.1) is 17.8 Å². The molecule has 2 aliphatic rings. The Hall–Kier alpha value is -3.96. The van der Waals surface area contributed by atoms with Crippen molar-refractivity contribution in [3.8, 4) is 17.6 Å². The van der Waals surface area contributed by atoms with Crippen LogP contribution in [0.4, 0.5) is 10.6 Å². The molecule has 4 atom stereocenters. The topological polar surface area (TPSA) is 178 Å². The summed E-state index contributed by atoms with van der Waals surface area (Å²) in [6, 6.07) is 6.83. The van der Waals surface area contributed by atoms with Crippen molar-refractivity contribution in [3.63, 3.8) is 0 Å². The minimum atomic E-state index is -1.44. The maximum Gasteiger partial charge on any atom is 0.415 e. The number of imidazole rings is 1. The fourth-order valence-corrected chi connectivity index (χ4v) is 5.02. The van der Waals surface area contributed by atoms with E-state index < -0.39 is 36.5 Å². The Kier molecular flexibility index (Phi) is 8.55. The third kappa shape index (κ3) is 6.06. The van der Waals surface area contributed by atoms with Crippen molar-refractivity contribution in [3.05, 3.63) is 41.4 Å². The average Bonchev–Trinajstić information content (AvgIpc) is 3.51. The fourth-order valence-electron chi connectivity index (χ4n) is 4.84. The van der Waals surface area contributed by atoms with Crippen molar-refractivity contribution in [1.29, 1.82) is 0 Å². The highest BCUT2D eigenvalue weighted by Gasteiger charge is 2.47. The van der Waals surface area contributed by atoms with Gasteiger partial charge in [0.1, 0.15) is 17.7 Å². The van der Waals surface area contributed by atoms with Crippen LogP contribution in [0.5, 0.6) is 5.75 Å². The Bertz CT molecular complexity index is 1500. The van der Waals surface area contributed by atoms with Crippen molar-refractivity contribution < 1.29 is 29.3 Å². The Balaban J connectivity index is 1.22. The molecule has 0 aliphatic carbocycles. The minimum Gasteiger partial charge on any atom is -0.409 e. The van der Waals surface area contributed by atoms with E-state index in [0.717, 1.165) is 12.8 Å². The van der Waals surface area contributed by atoms with Gasteiger partial charge < -0.3 is 35.6 Å². The molecular formula is C27H30ClN7O6. The average molecular weight is 584 g/mol. The van der Waals surface area contributed by atoms with Crippen LogP contribution in [-0.2, 0) is 9.53 Å². The fraction of sp³-hybridized carbons (Fsp3) is 0.444. The number of aliphatic hydroxyl groups is 2. The molecule has 1 unspecified atom stereocenters. The number of benzene rings is 1. The number of likely N-dealkylation sites (N-methyl/N-ethyl adjacent to an activating group) is 1. The predicted octanol–water partition coefficient (Wildman–Crippen LogP) is 1.47. The molecule has 1 aromatic carbocycles. The first-order valence-electron chi connectivity index (χ1n) is 13.3. The first-order valence-corrected chi connectivity index (χ1v) is 13.6. The van der Waals surface area contributed by atoms with Crippen LogP contribution < -0.4 is 15.8 Å². The van der Waals surface area contributed by atoms with Crippen molar-refractivity contribution in [2.75, 3.05) is 25.4 Å². The van der Waals surface area contributed by atoms with Gasteiger partial charge in [-0.25, -0.2) is 19.7 Å². The van der Waals surface area contributed by atoms with Gasteiger partial charge >= 0.3 is 6.09 Å². The highest BCUT2D eigenvalue weighted by atomic mass is 35.5. The summed E-state index contributed by atoms with van der Waals surface area (Å²) in [6.45, 7) is 3.16. The Morgan fingerprint density at radius 3 is 2.71 bits per heavy atom. The van der Waals surface area contributed by atoms with E-state index in [1.807, 2.05) is 0 Å². The van der Waals surface area contributed by atoms with Crippen LogP contribution in [0.3, 0.4) is 0 Å². The van der Waals surface area contributed by atoms with E-state index in [-0.39, 0.29) is 28.7 Å². The van der Waals surface area contributed by atoms with E-state index in [0.29, 0.717) is 36.8 Å². The number of aliphatic hydroxyl groups excluding tert-OH is 2. The Morgan fingerprint density at radius 2 is 1.98 bits per heavy atom. The van der Waals surface area contributed by atoms with Crippen molar-refractivity contribution in [1.82, 2.24) is 29.7 Å². The monoisotopic (exact) mass is 583 g/mol. The van der Waals surface area contributed by atoms with E-state index in [1.165, 1.54) is 10.9 Å². The zero-order valence-electron chi connectivity index (χ0n) is 22.2. The van der Waals surface area contributed by atoms with Gasteiger partial charge in [0.2, 0.25) is 5.82 Å². The van der Waals surface area contributed by atoms with Gasteiger partial charge in [-0.05, 0) is 43.7 Å². The summed E-state index contributed by atoms with van der Waals surface area (Å²) in [6.07, 6.45) is -2.21. The first-order chi connectivity index (χ1) is 19.8. The highest BCUT2D eigenvalue weighted by Crippen LogP contribution is 2.32. The SMILES string of the molecule is CCNC(=O)[C@H]1O[C@@H](n2cnc3c(N)nc(C#CCC4CCN(C(=O)Oc5ccccc5Cl)CC4)nc32)C(O)[C@H]1O. The van der Waals surface area contributed by atoms with Gasteiger partial charge in [0.05, 0.1) is 11.3 Å². The zero-order valence-corrected chi connectivity index (χ0v) is 23.0. The molecule has 4 heterocycles. The van der Waals surface area contributed by atoms with Crippen molar-refractivity contribution >= 4 is 40.6 Å². The number of nitrogens with two attached hydrogens (primary N) is 1. The van der Waals surface area contributed by atoms with Gasteiger partial charge in [0, 0.05) is 26.1 Å². The van der Waals surface area contributed by atoms with Crippen LogP contribution in [0.2, 0.25) is 5.02 Å². The number of halogens is 1. The summed E-state index contributed by atoms with van der Waals surface area (Å²) in [5, 5.41) is 23.9. The number of aromatic nitrogens is 4. The van der Waals surface area contributed by atoms with Crippen LogP contribution in [0.25, 0.3) is 11.2 Å². The van der Waals surface area contributed by atoms with E-state index in [2.05, 4.69) is 32.1 Å². The van der Waals surface area contributed by atoms with Gasteiger partial charge in [-0.3, -0.25) is 9.36 Å². The standard InChI is InChI=1S/C27H30ClN7O6/c1-2-30-25(38)22-20(36)21(37)26(41-22)35-14-31-19-23(29)32-18(33-24(19)35)9-5-6-15-10-12-34(13-11-15)27(39)40-17-8-4-3-7-16(17)28/h3-4,7-8,14-15,20-22,26,36-37H,2,6,10-13H2,1H3,(H,30,38)(H2,29,32,33)/t20-,21?,22+,26-/m1/s1. The molecule has 41 heavy (non-hydrogen) atoms. The summed E-state index contributed by atoms with van der Waals surface area (Å²) < 4.78 is 12.5. The first kappa shape index (κ1) is 28.6. The maximum atomic E-state index is 12.5. The summed E-state index contributed by atoms with van der Waals surface area (Å²) in [4.78, 5) is 39.3. The number of ether oxygens (including phenoxy) is 2. The highest BCUT2D eigenvalue weighted by molar-refractivity contribution is 6.32. The van der Waals surface area contributed by atoms with E-state index in [9.17, 15) is 19.8 Å². The summed E-state index contributed by atoms with van der Waals surface area (Å²) >= 11 is 6.08. The minimum absolute atomic E-state index is 0.0942. The zero-order chi connectivity index (χ0) is 29.1. The molecule has 0 saturated carbocycles. The lowest BCUT2D eigenvalue weighted by Gasteiger charge is -2.30. The normalized spacial score (nSPS) is 22.8. The molecule has 0 radical (unpaired) electrons. The van der Waals surface area contributed by atoms with Crippen molar-refractivity contribution in [2.24, 2.45) is 5.92 Å². The number of piperidine rings is 1. The number of carbonyl (C=O) groups is 2. The second kappa shape index (κ2) is 12.3. The number of amides is 2. The molecule has 2 saturated heterocycles. The lowest BCUT2D eigenvalue weighted by Crippen LogP contribution is -2.42. The lowest BCUT2D eigenvalue weighted by molar-refractivity contribution is -0.137.